The minimum atomic E-state index is 0.0181. The minimum Gasteiger partial charge on any atom is -0.341 e. The highest BCUT2D eigenvalue weighted by Gasteiger charge is 2.25. The number of hydrogen-bond donors (Lipinski definition) is 0. The number of aromatic nitrogens is 4. The summed E-state index contributed by atoms with van der Waals surface area (Å²) >= 11 is 5.98. The molecule has 1 saturated carbocycles. The summed E-state index contributed by atoms with van der Waals surface area (Å²) in [5.41, 5.74) is 0.788. The highest BCUT2D eigenvalue weighted by molar-refractivity contribution is 6.30. The highest BCUT2D eigenvalue weighted by Crippen LogP contribution is 2.26. The Morgan fingerprint density at radius 2 is 2.08 bits per heavy atom. The lowest BCUT2D eigenvalue weighted by molar-refractivity contribution is -0.133. The first-order valence-corrected chi connectivity index (χ1v) is 8.70. The van der Waals surface area contributed by atoms with Crippen molar-refractivity contribution in [1.29, 1.82) is 0 Å². The van der Waals surface area contributed by atoms with Crippen LogP contribution >= 0.6 is 11.6 Å². The number of rotatable bonds is 4. The van der Waals surface area contributed by atoms with Crippen LogP contribution in [0.4, 0.5) is 0 Å². The van der Waals surface area contributed by atoms with Crippen molar-refractivity contribution in [3.8, 4) is 11.4 Å². The molecule has 1 aliphatic carbocycles. The average molecular weight is 348 g/mol. The van der Waals surface area contributed by atoms with E-state index in [1.54, 1.807) is 12.1 Å². The summed E-state index contributed by atoms with van der Waals surface area (Å²) in [7, 11) is 1.87. The van der Waals surface area contributed by atoms with E-state index < -0.39 is 0 Å². The van der Waals surface area contributed by atoms with Gasteiger partial charge in [-0.15, -0.1) is 10.2 Å². The molecule has 2 aromatic rings. The van der Waals surface area contributed by atoms with Gasteiger partial charge < -0.3 is 4.90 Å². The maximum Gasteiger partial charge on any atom is 0.246 e. The Morgan fingerprint density at radius 1 is 1.33 bits per heavy atom. The van der Waals surface area contributed by atoms with Crippen molar-refractivity contribution in [2.75, 3.05) is 7.05 Å². The lowest BCUT2D eigenvalue weighted by atomic mass is 9.87. The lowest BCUT2D eigenvalue weighted by Crippen LogP contribution is -2.41. The average Bonchev–Trinajstić information content (AvgIpc) is 3.03. The molecular weight excluding hydrogens is 326 g/mol. The third kappa shape index (κ3) is 3.93. The van der Waals surface area contributed by atoms with Crippen molar-refractivity contribution in [3.05, 3.63) is 29.3 Å². The molecule has 7 heteroatoms. The fraction of sp³-hybridized carbons (Fsp3) is 0.529. The maximum absolute atomic E-state index is 12.5. The standard InChI is InChI=1S/C17H22ClN5O/c1-12-6-8-15(9-7-12)22(2)16(24)11-23-20-17(19-21-23)13-4-3-5-14(18)10-13/h3-5,10,12,15H,6-9,11H2,1-2H3. The first-order chi connectivity index (χ1) is 11.5. The number of tetrazole rings is 1. The zero-order valence-electron chi connectivity index (χ0n) is 14.0. The zero-order valence-corrected chi connectivity index (χ0v) is 14.8. The van der Waals surface area contributed by atoms with E-state index >= 15 is 0 Å². The Hall–Kier alpha value is -1.95. The van der Waals surface area contributed by atoms with Gasteiger partial charge >= 0.3 is 0 Å². The van der Waals surface area contributed by atoms with E-state index in [-0.39, 0.29) is 12.5 Å². The molecule has 6 nitrogen and oxygen atoms in total. The molecule has 1 heterocycles. The summed E-state index contributed by atoms with van der Waals surface area (Å²) < 4.78 is 0. The van der Waals surface area contributed by atoms with Gasteiger partial charge in [0.15, 0.2) is 0 Å². The van der Waals surface area contributed by atoms with Crippen LogP contribution in [0, 0.1) is 5.92 Å². The highest BCUT2D eigenvalue weighted by atomic mass is 35.5. The summed E-state index contributed by atoms with van der Waals surface area (Å²) in [5, 5.41) is 12.9. The molecule has 0 unspecified atom stereocenters. The van der Waals surface area contributed by atoms with Gasteiger partial charge in [0.2, 0.25) is 11.7 Å². The molecule has 0 atom stereocenters. The van der Waals surface area contributed by atoms with E-state index in [9.17, 15) is 4.79 Å². The van der Waals surface area contributed by atoms with E-state index in [1.807, 2.05) is 24.1 Å². The van der Waals surface area contributed by atoms with Crippen molar-refractivity contribution in [2.24, 2.45) is 5.92 Å². The van der Waals surface area contributed by atoms with E-state index in [2.05, 4.69) is 22.3 Å². The summed E-state index contributed by atoms with van der Waals surface area (Å²) in [6, 6.07) is 7.59. The monoisotopic (exact) mass is 347 g/mol. The molecule has 0 aliphatic heterocycles. The Bertz CT molecular complexity index is 709. The molecular formula is C17H22ClN5O. The van der Waals surface area contributed by atoms with Crippen molar-refractivity contribution < 1.29 is 4.79 Å². The van der Waals surface area contributed by atoms with Gasteiger partial charge in [0.05, 0.1) is 0 Å². The van der Waals surface area contributed by atoms with Crippen LogP contribution < -0.4 is 0 Å². The van der Waals surface area contributed by atoms with Crippen molar-refractivity contribution >= 4 is 17.5 Å². The molecule has 0 radical (unpaired) electrons. The van der Waals surface area contributed by atoms with Crippen molar-refractivity contribution in [3.63, 3.8) is 0 Å². The molecule has 1 aromatic carbocycles. The second-order valence-electron chi connectivity index (χ2n) is 6.57. The lowest BCUT2D eigenvalue weighted by Gasteiger charge is -2.33. The molecule has 1 aliphatic rings. The predicted octanol–water partition coefficient (Wildman–Crippen LogP) is 3.03. The van der Waals surface area contributed by atoms with Gasteiger partial charge in [-0.2, -0.15) is 4.80 Å². The summed E-state index contributed by atoms with van der Waals surface area (Å²) in [5.74, 6) is 1.26. The van der Waals surface area contributed by atoms with Gasteiger partial charge in [0.1, 0.15) is 6.54 Å². The predicted molar refractivity (Wildman–Crippen MR) is 92.5 cm³/mol. The van der Waals surface area contributed by atoms with E-state index in [0.717, 1.165) is 24.3 Å². The molecule has 1 amide bonds. The third-order valence-electron chi connectivity index (χ3n) is 4.74. The van der Waals surface area contributed by atoms with Crippen LogP contribution in [0.1, 0.15) is 32.6 Å². The van der Waals surface area contributed by atoms with Gasteiger partial charge in [-0.05, 0) is 48.9 Å². The number of likely N-dealkylation sites (N-methyl/N-ethyl adjacent to an activating group) is 1. The van der Waals surface area contributed by atoms with Gasteiger partial charge in [0, 0.05) is 23.7 Å². The van der Waals surface area contributed by atoms with Gasteiger partial charge in [0.25, 0.3) is 0 Å². The fourth-order valence-corrected chi connectivity index (χ4v) is 3.31. The number of carbonyl (C=O) groups excluding carboxylic acids is 1. The number of carbonyl (C=O) groups is 1. The first kappa shape index (κ1) is 16.9. The third-order valence-corrected chi connectivity index (χ3v) is 4.97. The topological polar surface area (TPSA) is 63.9 Å². The van der Waals surface area contributed by atoms with Crippen LogP contribution in [0.15, 0.2) is 24.3 Å². The van der Waals surface area contributed by atoms with Gasteiger partial charge in [-0.3, -0.25) is 4.79 Å². The van der Waals surface area contributed by atoms with Crippen molar-refractivity contribution in [2.45, 2.75) is 45.2 Å². The SMILES string of the molecule is CC1CCC(N(C)C(=O)Cn2nnc(-c3cccc(Cl)c3)n2)CC1. The Balaban J connectivity index is 1.63. The molecule has 1 aromatic heterocycles. The normalized spacial score (nSPS) is 20.8. The molecule has 128 valence electrons. The number of hydrogen-bond acceptors (Lipinski definition) is 4. The van der Waals surface area contributed by atoms with Crippen LogP contribution in [0.3, 0.4) is 0 Å². The van der Waals surface area contributed by atoms with Crippen LogP contribution in [0.5, 0.6) is 0 Å². The van der Waals surface area contributed by atoms with Gasteiger partial charge in [-0.25, -0.2) is 0 Å². The summed E-state index contributed by atoms with van der Waals surface area (Å²) in [6.45, 7) is 2.38. The van der Waals surface area contributed by atoms with Gasteiger partial charge in [-0.1, -0.05) is 30.7 Å². The second-order valence-corrected chi connectivity index (χ2v) is 7.01. The molecule has 0 bridgehead atoms. The van der Waals surface area contributed by atoms with E-state index in [1.165, 1.54) is 17.6 Å². The van der Waals surface area contributed by atoms with E-state index in [4.69, 9.17) is 11.6 Å². The summed E-state index contributed by atoms with van der Waals surface area (Å²) in [6.07, 6.45) is 4.51. The number of nitrogens with zero attached hydrogens (tertiary/aromatic N) is 5. The Kier molecular flexibility index (Phi) is 5.14. The molecule has 0 saturated heterocycles. The molecule has 24 heavy (non-hydrogen) atoms. The first-order valence-electron chi connectivity index (χ1n) is 8.32. The van der Waals surface area contributed by atoms with Crippen LogP contribution in [0.25, 0.3) is 11.4 Å². The van der Waals surface area contributed by atoms with Crippen LogP contribution in [-0.4, -0.2) is 44.1 Å². The maximum atomic E-state index is 12.5. The minimum absolute atomic E-state index is 0.0181. The molecule has 0 spiro atoms. The molecule has 3 rings (SSSR count). The smallest absolute Gasteiger partial charge is 0.246 e. The largest absolute Gasteiger partial charge is 0.341 e. The number of amides is 1. The summed E-state index contributed by atoms with van der Waals surface area (Å²) in [4.78, 5) is 15.7. The second kappa shape index (κ2) is 7.30. The number of halogens is 1. The molecule has 1 fully saturated rings. The zero-order chi connectivity index (χ0) is 17.1. The van der Waals surface area contributed by atoms with Crippen LogP contribution in [0.2, 0.25) is 5.02 Å². The quantitative estimate of drug-likeness (QED) is 0.852. The number of benzene rings is 1. The Labute approximate surface area is 146 Å². The van der Waals surface area contributed by atoms with Crippen molar-refractivity contribution in [1.82, 2.24) is 25.1 Å². The fourth-order valence-electron chi connectivity index (χ4n) is 3.12. The van der Waals surface area contributed by atoms with Crippen LogP contribution in [-0.2, 0) is 11.3 Å². The molecule has 0 N–H and O–H groups in total. The Morgan fingerprint density at radius 3 is 2.79 bits per heavy atom. The van der Waals surface area contributed by atoms with E-state index in [0.29, 0.717) is 16.9 Å².